The summed E-state index contributed by atoms with van der Waals surface area (Å²) in [4.78, 5) is 55.4. The molecule has 0 fully saturated rings. The number of nitrogens with zero attached hydrogens (tertiary/aromatic N) is 3. The second-order valence-corrected chi connectivity index (χ2v) is 15.1. The van der Waals surface area contributed by atoms with E-state index in [2.05, 4.69) is 64.3 Å². The molecule has 9 rings (SSSR count). The molecule has 1 atom stereocenters. The minimum Gasteiger partial charge on any atom is -1.00 e. The molecule has 0 amide bonds. The standard InChI is InChI=1S/C50H39N4O6.4BrH/c55-45(43-29-41-5-1-3-7-47(41)59-49(43)57)32-53-25-17-39(18-26-53)38-15-23-52(24-16-38)31-35-9-11-36(12-10-35)33-54(27-19-40(20-28-54)37-13-21-51-22-14-37)34-46(56)44-30-42-6-2-4-8-48(42)60-50(44)58;;;;/h1-27,29-30H,28,31-34H2;4*1H/q+3;;;;/p-3. The van der Waals surface area contributed by atoms with Crippen LogP contribution in [0.25, 0.3) is 38.6 Å². The summed E-state index contributed by atoms with van der Waals surface area (Å²) in [5.41, 5.74) is 6.10. The number of carbonyl (C=O) groups excluding carboxylic acids is 2. The van der Waals surface area contributed by atoms with Gasteiger partial charge in [0.2, 0.25) is 18.1 Å². The maximum Gasteiger partial charge on any atom is 0.347 e. The van der Waals surface area contributed by atoms with Crippen LogP contribution in [0.15, 0.2) is 195 Å². The molecule has 14 heteroatoms. The highest BCUT2D eigenvalue weighted by atomic mass is 79.9. The van der Waals surface area contributed by atoms with Crippen molar-refractivity contribution >= 4 is 39.1 Å². The van der Waals surface area contributed by atoms with E-state index in [-0.39, 0.29) is 104 Å². The van der Waals surface area contributed by atoms with Crippen molar-refractivity contribution in [3.8, 4) is 11.1 Å². The summed E-state index contributed by atoms with van der Waals surface area (Å²) in [5, 5.41) is 1.41. The van der Waals surface area contributed by atoms with Crippen molar-refractivity contribution < 1.29 is 105 Å². The minimum absolute atomic E-state index is 0. The SMILES string of the molecule is O=C(C[n+]1ccc(-c2cc[n+](Cc3ccc(C[N+]4(CC(=O)c5cc6ccccc6oc5=O)C=CC(c5cc[nH+]cc5)=CC4)cc3)cc2)cc1)c1cc2ccccc2oc1=O.[Br-].[Br-].[Br-].[Br-]. The van der Waals surface area contributed by atoms with Gasteiger partial charge >= 0.3 is 11.3 Å². The van der Waals surface area contributed by atoms with Crippen molar-refractivity contribution in [3.05, 3.63) is 226 Å². The van der Waals surface area contributed by atoms with Gasteiger partial charge < -0.3 is 76.8 Å². The number of hydrogen-bond acceptors (Lipinski definition) is 6. The van der Waals surface area contributed by atoms with Gasteiger partial charge in [-0.05, 0) is 58.7 Å². The van der Waals surface area contributed by atoms with Crippen LogP contribution in [-0.4, -0.2) is 29.1 Å². The number of aromatic amines is 1. The van der Waals surface area contributed by atoms with Gasteiger partial charge in [0.15, 0.2) is 43.7 Å². The number of nitrogens with one attached hydrogen (secondary N) is 1. The number of quaternary nitrogens is 1. The number of hydrogen-bond donors (Lipinski definition) is 0. The molecular formula is C50H40Br4N4O6. The first-order chi connectivity index (χ1) is 29.3. The Bertz CT molecular complexity index is 3100. The third-order valence-electron chi connectivity index (χ3n) is 11.0. The molecule has 0 radical (unpaired) electrons. The lowest BCUT2D eigenvalue weighted by atomic mass is 10.0. The maximum atomic E-state index is 13.9. The van der Waals surface area contributed by atoms with Gasteiger partial charge in [0, 0.05) is 58.3 Å². The molecule has 3 aromatic carbocycles. The van der Waals surface area contributed by atoms with Crippen LogP contribution in [0.2, 0.25) is 0 Å². The third kappa shape index (κ3) is 11.1. The number of ketones is 2. The fourth-order valence-electron chi connectivity index (χ4n) is 7.70. The van der Waals surface area contributed by atoms with Crippen molar-refractivity contribution in [3.63, 3.8) is 0 Å². The topological polar surface area (TPSA) is 116 Å². The van der Waals surface area contributed by atoms with Gasteiger partial charge in [-0.2, -0.15) is 4.57 Å². The molecule has 0 spiro atoms. The summed E-state index contributed by atoms with van der Waals surface area (Å²) in [6.45, 7) is 1.90. The van der Waals surface area contributed by atoms with E-state index in [0.29, 0.717) is 46.1 Å². The Kier molecular flexibility index (Phi) is 16.7. The number of aromatic nitrogens is 3. The average Bonchev–Trinajstić information content (AvgIpc) is 3.27. The monoisotopic (exact) mass is 1110 g/mol. The molecule has 324 valence electrons. The van der Waals surface area contributed by atoms with Crippen LogP contribution in [0.5, 0.6) is 0 Å². The number of carbonyl (C=O) groups is 2. The Morgan fingerprint density at radius 2 is 1.11 bits per heavy atom. The minimum atomic E-state index is -0.636. The van der Waals surface area contributed by atoms with Crippen LogP contribution in [-0.2, 0) is 19.6 Å². The van der Waals surface area contributed by atoms with Crippen molar-refractivity contribution in [2.75, 3.05) is 13.1 Å². The first kappa shape index (κ1) is 49.2. The average molecular weight is 1110 g/mol. The smallest absolute Gasteiger partial charge is 0.347 e. The Morgan fingerprint density at radius 3 is 1.66 bits per heavy atom. The van der Waals surface area contributed by atoms with Crippen molar-refractivity contribution in [1.82, 2.24) is 0 Å². The number of Topliss-reactive ketones (excluding diaryl/α,β-unsaturated/α-hetero) is 2. The quantitative estimate of drug-likeness (QED) is 0.0524. The molecule has 1 N–H and O–H groups in total. The Labute approximate surface area is 410 Å². The molecule has 0 bridgehead atoms. The number of fused-ring (bicyclic) bond motifs is 2. The number of rotatable bonds is 12. The second-order valence-electron chi connectivity index (χ2n) is 15.1. The number of benzene rings is 3. The zero-order valence-electron chi connectivity index (χ0n) is 34.1. The van der Waals surface area contributed by atoms with E-state index in [0.717, 1.165) is 33.4 Å². The van der Waals surface area contributed by atoms with E-state index >= 15 is 0 Å². The number of allylic oxidation sites excluding steroid dienone is 2. The number of para-hydroxylation sites is 2. The zero-order chi connectivity index (χ0) is 41.1. The molecule has 6 heterocycles. The van der Waals surface area contributed by atoms with E-state index in [1.54, 1.807) is 41.0 Å². The first-order valence-corrected chi connectivity index (χ1v) is 19.7. The molecular weight excluding hydrogens is 1070 g/mol. The Hall–Kier alpha value is -5.77. The molecule has 0 aliphatic carbocycles. The van der Waals surface area contributed by atoms with Crippen LogP contribution in [0.1, 0.15) is 37.4 Å². The van der Waals surface area contributed by atoms with Gasteiger partial charge in [-0.3, -0.25) is 14.1 Å². The highest BCUT2D eigenvalue weighted by Crippen LogP contribution is 2.27. The van der Waals surface area contributed by atoms with E-state index in [1.165, 1.54) is 0 Å². The van der Waals surface area contributed by atoms with E-state index < -0.39 is 11.3 Å². The van der Waals surface area contributed by atoms with Crippen LogP contribution >= 0.6 is 0 Å². The summed E-state index contributed by atoms with van der Waals surface area (Å²) in [6.07, 6.45) is 17.8. The van der Waals surface area contributed by atoms with E-state index in [1.807, 2.05) is 85.7 Å². The summed E-state index contributed by atoms with van der Waals surface area (Å²) in [5.74, 6) is -0.583. The van der Waals surface area contributed by atoms with E-state index in [4.69, 9.17) is 8.83 Å². The highest BCUT2D eigenvalue weighted by molar-refractivity contribution is 5.99. The zero-order valence-corrected chi connectivity index (χ0v) is 40.4. The highest BCUT2D eigenvalue weighted by Gasteiger charge is 2.32. The van der Waals surface area contributed by atoms with Crippen molar-refractivity contribution in [2.45, 2.75) is 19.6 Å². The summed E-state index contributed by atoms with van der Waals surface area (Å²) >= 11 is 0. The first-order valence-electron chi connectivity index (χ1n) is 19.7. The van der Waals surface area contributed by atoms with Gasteiger partial charge in [0.1, 0.15) is 41.9 Å². The lowest BCUT2D eigenvalue weighted by Gasteiger charge is -2.35. The summed E-state index contributed by atoms with van der Waals surface area (Å²) in [6, 6.07) is 38.1. The van der Waals surface area contributed by atoms with E-state index in [9.17, 15) is 19.2 Å². The van der Waals surface area contributed by atoms with Gasteiger partial charge in [0.25, 0.3) is 0 Å². The summed E-state index contributed by atoms with van der Waals surface area (Å²) < 4.78 is 15.0. The number of H-pyrrole nitrogens is 1. The third-order valence-corrected chi connectivity index (χ3v) is 11.0. The Balaban J connectivity index is 0.00000193. The molecule has 1 aliphatic heterocycles. The van der Waals surface area contributed by atoms with Crippen LogP contribution in [0.4, 0.5) is 0 Å². The van der Waals surface area contributed by atoms with Crippen LogP contribution in [0, 0.1) is 0 Å². The maximum absolute atomic E-state index is 13.9. The molecule has 1 aliphatic rings. The van der Waals surface area contributed by atoms with Crippen molar-refractivity contribution in [1.29, 1.82) is 0 Å². The number of halogens is 4. The lowest BCUT2D eigenvalue weighted by molar-refractivity contribution is -0.879. The fourth-order valence-corrected chi connectivity index (χ4v) is 7.70. The van der Waals surface area contributed by atoms with Gasteiger partial charge in [0.05, 0.1) is 6.20 Å². The van der Waals surface area contributed by atoms with Crippen molar-refractivity contribution in [2.24, 2.45) is 0 Å². The largest absolute Gasteiger partial charge is 1.00 e. The van der Waals surface area contributed by atoms with Gasteiger partial charge in [-0.25, -0.2) is 19.1 Å². The van der Waals surface area contributed by atoms with Gasteiger partial charge in [-0.15, -0.1) is 0 Å². The fraction of sp³-hybridized carbons (Fsp3) is 0.100. The molecule has 1 unspecified atom stereocenters. The molecule has 10 nitrogen and oxygen atoms in total. The second kappa shape index (κ2) is 21.7. The lowest BCUT2D eigenvalue weighted by Crippen LogP contribution is -3.00. The molecule has 5 aromatic heterocycles. The molecule has 0 saturated heterocycles. The van der Waals surface area contributed by atoms with Crippen LogP contribution in [0.3, 0.4) is 0 Å². The molecule has 8 aromatic rings. The molecule has 64 heavy (non-hydrogen) atoms. The predicted molar refractivity (Wildman–Crippen MR) is 225 cm³/mol. The molecule has 0 saturated carbocycles. The predicted octanol–water partition coefficient (Wildman–Crippen LogP) is -5.29. The summed E-state index contributed by atoms with van der Waals surface area (Å²) in [7, 11) is 0. The number of pyridine rings is 3. The van der Waals surface area contributed by atoms with Crippen LogP contribution < -0.4 is 93.3 Å². The normalized spacial score (nSPS) is 14.0. The Morgan fingerprint density at radius 1 is 0.594 bits per heavy atom. The van der Waals surface area contributed by atoms with Gasteiger partial charge in [-0.1, -0.05) is 60.7 Å².